The molecule has 2 atom stereocenters. The normalized spacial score (nSPS) is 13.7. The van der Waals surface area contributed by atoms with Crippen LogP contribution in [-0.2, 0) is 9.53 Å². The number of carbonyl (C=O) groups is 1. The van der Waals surface area contributed by atoms with Crippen LogP contribution in [0, 0.1) is 0 Å². The van der Waals surface area contributed by atoms with Gasteiger partial charge in [0.1, 0.15) is 5.60 Å². The summed E-state index contributed by atoms with van der Waals surface area (Å²) in [5.41, 5.74) is 2.36. The predicted octanol–water partition coefficient (Wildman–Crippen LogP) is 7.67. The Morgan fingerprint density at radius 1 is 0.875 bits per heavy atom. The minimum Gasteiger partial charge on any atom is -0.460 e. The third-order valence-corrected chi connectivity index (χ3v) is 5.39. The Hall–Kier alpha value is -2.62. The Bertz CT molecular complexity index is 1040. The summed E-state index contributed by atoms with van der Waals surface area (Å²) >= 11 is 12.1. The van der Waals surface area contributed by atoms with E-state index in [0.717, 1.165) is 16.7 Å². The maximum atomic E-state index is 12.8. The highest BCUT2D eigenvalue weighted by Crippen LogP contribution is 2.38. The van der Waals surface area contributed by atoms with Crippen LogP contribution in [0.5, 0.6) is 0 Å². The summed E-state index contributed by atoms with van der Waals surface area (Å²) in [5.74, 6) is -0.470. The molecule has 3 rings (SSSR count). The van der Waals surface area contributed by atoms with Gasteiger partial charge in [-0.15, -0.1) is 0 Å². The summed E-state index contributed by atoms with van der Waals surface area (Å²) in [7, 11) is 0. The highest BCUT2D eigenvalue weighted by Gasteiger charge is 2.29. The van der Waals surface area contributed by atoms with Gasteiger partial charge in [0.15, 0.2) is 0 Å². The van der Waals surface area contributed by atoms with E-state index >= 15 is 0 Å². The van der Waals surface area contributed by atoms with Gasteiger partial charge in [-0.05, 0) is 61.7 Å². The van der Waals surface area contributed by atoms with Crippen molar-refractivity contribution in [2.24, 2.45) is 4.99 Å². The molecule has 0 radical (unpaired) electrons. The van der Waals surface area contributed by atoms with Gasteiger partial charge in [-0.2, -0.15) is 0 Å². The van der Waals surface area contributed by atoms with E-state index < -0.39 is 5.60 Å². The first-order chi connectivity index (χ1) is 15.2. The molecule has 0 bridgehead atoms. The molecule has 0 aliphatic heterocycles. The fraction of sp³-hybridized carbons (Fsp3) is 0.259. The second-order valence-corrected chi connectivity index (χ2v) is 9.51. The maximum absolute atomic E-state index is 12.8. The summed E-state index contributed by atoms with van der Waals surface area (Å²) in [6.07, 6.45) is 2.02. The molecular weight excluding hydrogens is 441 g/mol. The monoisotopic (exact) mass is 467 g/mol. The van der Waals surface area contributed by atoms with Crippen LogP contribution in [0.1, 0.15) is 55.8 Å². The van der Waals surface area contributed by atoms with Crippen LogP contribution in [0.4, 0.5) is 0 Å². The lowest BCUT2D eigenvalue weighted by atomic mass is 9.85. The minimum absolute atomic E-state index is 0.201. The second kappa shape index (κ2) is 10.8. The molecule has 5 heteroatoms. The van der Waals surface area contributed by atoms with Crippen LogP contribution in [0.15, 0.2) is 83.9 Å². The van der Waals surface area contributed by atoms with Crippen LogP contribution >= 0.6 is 23.2 Å². The molecule has 0 heterocycles. The number of nitrogens with zero attached hydrogens (tertiary/aromatic N) is 1. The Kier molecular flexibility index (Phi) is 8.11. The SMILES string of the molecule is CC(C)(C)OC(=O)C[C@@H](c1ccccc1)[C@H](N=Cc1ccc(Cl)cc1)c1ccc(Cl)cc1. The minimum atomic E-state index is -0.555. The van der Waals surface area contributed by atoms with Gasteiger partial charge in [-0.25, -0.2) is 0 Å². The lowest BCUT2D eigenvalue weighted by Gasteiger charge is -2.27. The smallest absolute Gasteiger partial charge is 0.307 e. The third kappa shape index (κ3) is 7.22. The number of ether oxygens (including phenoxy) is 1. The van der Waals surface area contributed by atoms with Crippen molar-refractivity contribution in [3.05, 3.63) is 106 Å². The number of esters is 1. The topological polar surface area (TPSA) is 38.7 Å². The first-order valence-corrected chi connectivity index (χ1v) is 11.3. The van der Waals surface area contributed by atoms with Gasteiger partial charge in [0.2, 0.25) is 0 Å². The maximum Gasteiger partial charge on any atom is 0.307 e. The number of hydrogen-bond acceptors (Lipinski definition) is 3. The van der Waals surface area contributed by atoms with Gasteiger partial charge in [-0.3, -0.25) is 9.79 Å². The largest absolute Gasteiger partial charge is 0.460 e. The first kappa shape index (κ1) is 24.0. The Morgan fingerprint density at radius 2 is 1.44 bits per heavy atom. The highest BCUT2D eigenvalue weighted by atomic mass is 35.5. The molecule has 0 amide bonds. The lowest BCUT2D eigenvalue weighted by Crippen LogP contribution is -2.26. The van der Waals surface area contributed by atoms with E-state index in [-0.39, 0.29) is 24.3 Å². The Balaban J connectivity index is 2.02. The molecule has 0 spiro atoms. The van der Waals surface area contributed by atoms with E-state index in [1.807, 2.05) is 106 Å². The van der Waals surface area contributed by atoms with Gasteiger partial charge in [-0.1, -0.05) is 77.8 Å². The van der Waals surface area contributed by atoms with E-state index in [1.165, 1.54) is 0 Å². The summed E-state index contributed by atoms with van der Waals surface area (Å²) in [5, 5.41) is 1.32. The van der Waals surface area contributed by atoms with Crippen LogP contribution in [0.3, 0.4) is 0 Å². The van der Waals surface area contributed by atoms with Crippen molar-refractivity contribution in [1.82, 2.24) is 0 Å². The van der Waals surface area contributed by atoms with Crippen molar-refractivity contribution in [2.75, 3.05) is 0 Å². The van der Waals surface area contributed by atoms with Crippen molar-refractivity contribution >= 4 is 35.4 Å². The highest BCUT2D eigenvalue weighted by molar-refractivity contribution is 6.30. The molecule has 0 aliphatic rings. The summed E-state index contributed by atoms with van der Waals surface area (Å²) in [4.78, 5) is 17.8. The molecular formula is C27H27Cl2NO2. The van der Waals surface area contributed by atoms with Crippen molar-refractivity contribution in [1.29, 1.82) is 0 Å². The number of aliphatic imine (C=N–C) groups is 1. The number of halogens is 2. The van der Waals surface area contributed by atoms with E-state index in [9.17, 15) is 4.79 Å². The number of hydrogen-bond donors (Lipinski definition) is 0. The molecule has 166 valence electrons. The lowest BCUT2D eigenvalue weighted by molar-refractivity contribution is -0.155. The number of benzene rings is 3. The third-order valence-electron chi connectivity index (χ3n) is 4.88. The summed E-state index contributed by atoms with van der Waals surface area (Å²) in [6.45, 7) is 5.62. The average molecular weight is 468 g/mol. The zero-order valence-electron chi connectivity index (χ0n) is 18.5. The van der Waals surface area contributed by atoms with Crippen molar-refractivity contribution < 1.29 is 9.53 Å². The molecule has 0 fully saturated rings. The molecule has 32 heavy (non-hydrogen) atoms. The quantitative estimate of drug-likeness (QED) is 0.264. The molecule has 3 aromatic carbocycles. The Labute approximate surface area is 200 Å². The van der Waals surface area contributed by atoms with E-state index in [0.29, 0.717) is 10.0 Å². The molecule has 0 saturated carbocycles. The zero-order chi connectivity index (χ0) is 23.1. The van der Waals surface area contributed by atoms with Crippen molar-refractivity contribution in [2.45, 2.75) is 44.8 Å². The average Bonchev–Trinajstić information content (AvgIpc) is 2.75. The van der Waals surface area contributed by atoms with Gasteiger partial charge in [0, 0.05) is 22.2 Å². The standard InChI is InChI=1S/C27H27Cl2NO2/c1-27(2,3)32-25(31)17-24(20-7-5-4-6-8-20)26(21-11-15-23(29)16-12-21)30-18-19-9-13-22(28)14-10-19/h4-16,18,24,26H,17H2,1-3H3/t24-,26+/m0/s1. The molecule has 0 saturated heterocycles. The molecule has 0 unspecified atom stereocenters. The van der Waals surface area contributed by atoms with E-state index in [1.54, 1.807) is 0 Å². The van der Waals surface area contributed by atoms with Crippen molar-refractivity contribution in [3.8, 4) is 0 Å². The molecule has 0 aliphatic carbocycles. The van der Waals surface area contributed by atoms with Crippen LogP contribution in [-0.4, -0.2) is 17.8 Å². The number of carbonyl (C=O) groups excluding carboxylic acids is 1. The van der Waals surface area contributed by atoms with Crippen molar-refractivity contribution in [3.63, 3.8) is 0 Å². The fourth-order valence-electron chi connectivity index (χ4n) is 3.47. The van der Waals surface area contributed by atoms with Gasteiger partial charge < -0.3 is 4.74 Å². The molecule has 0 aromatic heterocycles. The summed E-state index contributed by atoms with van der Waals surface area (Å²) in [6, 6.07) is 24.7. The fourth-order valence-corrected chi connectivity index (χ4v) is 3.72. The Morgan fingerprint density at radius 3 is 2.00 bits per heavy atom. The van der Waals surface area contributed by atoms with Gasteiger partial charge in [0.25, 0.3) is 0 Å². The van der Waals surface area contributed by atoms with Crippen LogP contribution in [0.25, 0.3) is 0 Å². The number of rotatable bonds is 7. The summed E-state index contributed by atoms with van der Waals surface area (Å²) < 4.78 is 5.64. The second-order valence-electron chi connectivity index (χ2n) is 8.63. The van der Waals surface area contributed by atoms with Gasteiger partial charge >= 0.3 is 5.97 Å². The zero-order valence-corrected chi connectivity index (χ0v) is 20.0. The van der Waals surface area contributed by atoms with Gasteiger partial charge in [0.05, 0.1) is 12.5 Å². The van der Waals surface area contributed by atoms with Crippen LogP contribution in [0.2, 0.25) is 10.0 Å². The van der Waals surface area contributed by atoms with Crippen LogP contribution < -0.4 is 0 Å². The van der Waals surface area contributed by atoms with E-state index in [4.69, 9.17) is 32.9 Å². The molecule has 0 N–H and O–H groups in total. The van der Waals surface area contributed by atoms with E-state index in [2.05, 4.69) is 0 Å². The molecule has 3 aromatic rings. The predicted molar refractivity (Wildman–Crippen MR) is 133 cm³/mol. The first-order valence-electron chi connectivity index (χ1n) is 10.5. The molecule has 3 nitrogen and oxygen atoms in total.